The van der Waals surface area contributed by atoms with Gasteiger partial charge in [0.1, 0.15) is 0 Å². The van der Waals surface area contributed by atoms with Gasteiger partial charge in [-0.1, -0.05) is 19.3 Å². The van der Waals surface area contributed by atoms with Crippen molar-refractivity contribution in [1.29, 1.82) is 0 Å². The molecule has 0 saturated carbocycles. The Bertz CT molecular complexity index is 236. The molecule has 0 unspecified atom stereocenters. The fourth-order valence-corrected chi connectivity index (χ4v) is 1.92. The molecule has 1 saturated heterocycles. The van der Waals surface area contributed by atoms with Gasteiger partial charge in [0.05, 0.1) is 0 Å². The van der Waals surface area contributed by atoms with Crippen LogP contribution in [0.4, 0.5) is 0 Å². The molecular weight excluding hydrogens is 162 g/mol. The second kappa shape index (κ2) is 4.91. The highest BCUT2D eigenvalue weighted by molar-refractivity contribution is 5.93. The molecule has 72 valence electrons. The minimum Gasteiger partial charge on any atom is -0.329 e. The molecule has 1 fully saturated rings. The van der Waals surface area contributed by atoms with E-state index in [1.54, 1.807) is 6.92 Å². The molecule has 0 aromatic heterocycles. The summed E-state index contributed by atoms with van der Waals surface area (Å²) in [5, 5.41) is 0. The van der Waals surface area contributed by atoms with Crippen molar-refractivity contribution in [3.8, 4) is 11.8 Å². The molecule has 1 rings (SSSR count). The Morgan fingerprint density at radius 1 is 1.62 bits per heavy atom. The van der Waals surface area contributed by atoms with E-state index in [1.807, 2.05) is 4.90 Å². The fraction of sp³-hybridized carbons (Fsp3) is 0.727. The second-order valence-electron chi connectivity index (χ2n) is 3.46. The van der Waals surface area contributed by atoms with Gasteiger partial charge >= 0.3 is 0 Å². The number of nitrogens with zero attached hydrogens (tertiary/aromatic N) is 1. The summed E-state index contributed by atoms with van der Waals surface area (Å²) in [5.41, 5.74) is 0. The quantitative estimate of drug-likeness (QED) is 0.592. The van der Waals surface area contributed by atoms with E-state index in [9.17, 15) is 4.79 Å². The highest BCUT2D eigenvalue weighted by Gasteiger charge is 2.26. The first-order valence-electron chi connectivity index (χ1n) is 5.03. The van der Waals surface area contributed by atoms with Gasteiger partial charge in [0.15, 0.2) is 0 Å². The fourth-order valence-electron chi connectivity index (χ4n) is 1.92. The first-order valence-corrected chi connectivity index (χ1v) is 5.03. The van der Waals surface area contributed by atoms with Gasteiger partial charge in [0, 0.05) is 12.6 Å². The smallest absolute Gasteiger partial charge is 0.298 e. The van der Waals surface area contributed by atoms with E-state index in [4.69, 9.17) is 0 Å². The van der Waals surface area contributed by atoms with Gasteiger partial charge in [-0.2, -0.15) is 0 Å². The summed E-state index contributed by atoms with van der Waals surface area (Å²) < 4.78 is 0. The Morgan fingerprint density at radius 2 is 2.38 bits per heavy atom. The monoisotopic (exact) mass is 179 g/mol. The van der Waals surface area contributed by atoms with Gasteiger partial charge in [-0.05, 0) is 32.1 Å². The molecule has 1 aliphatic rings. The summed E-state index contributed by atoms with van der Waals surface area (Å²) in [6.07, 6.45) is 4.57. The molecule has 1 aliphatic heterocycles. The highest BCUT2D eigenvalue weighted by Crippen LogP contribution is 2.20. The van der Waals surface area contributed by atoms with Crippen LogP contribution in [0.5, 0.6) is 0 Å². The SMILES string of the molecule is CC#CC(=O)N1CCC[C@H]1CCC. The van der Waals surface area contributed by atoms with E-state index in [1.165, 1.54) is 0 Å². The zero-order valence-corrected chi connectivity index (χ0v) is 8.47. The van der Waals surface area contributed by atoms with Crippen molar-refractivity contribution in [1.82, 2.24) is 4.90 Å². The van der Waals surface area contributed by atoms with Gasteiger partial charge in [-0.15, -0.1) is 0 Å². The average Bonchev–Trinajstić information content (AvgIpc) is 2.54. The maximum atomic E-state index is 11.5. The van der Waals surface area contributed by atoms with Gasteiger partial charge in [0.25, 0.3) is 5.91 Å². The number of carbonyl (C=O) groups is 1. The van der Waals surface area contributed by atoms with Crippen molar-refractivity contribution in [2.45, 2.75) is 45.6 Å². The molecule has 1 atom stereocenters. The van der Waals surface area contributed by atoms with Crippen molar-refractivity contribution in [3.63, 3.8) is 0 Å². The van der Waals surface area contributed by atoms with E-state index in [0.29, 0.717) is 6.04 Å². The zero-order chi connectivity index (χ0) is 9.68. The standard InChI is InChI=1S/C11H17NO/c1-3-6-10-8-5-9-12(10)11(13)7-4-2/h10H,3,5-6,8-9H2,1-2H3/t10-/m1/s1. The van der Waals surface area contributed by atoms with Crippen LogP contribution in [0.25, 0.3) is 0 Å². The zero-order valence-electron chi connectivity index (χ0n) is 8.47. The molecule has 0 bridgehead atoms. The summed E-state index contributed by atoms with van der Waals surface area (Å²) in [7, 11) is 0. The molecule has 2 heteroatoms. The molecule has 0 radical (unpaired) electrons. The van der Waals surface area contributed by atoms with Crippen LogP contribution < -0.4 is 0 Å². The minimum absolute atomic E-state index is 0.0125. The third-order valence-corrected chi connectivity index (χ3v) is 2.49. The molecule has 0 aromatic rings. The van der Waals surface area contributed by atoms with Crippen molar-refractivity contribution in [2.24, 2.45) is 0 Å². The first kappa shape index (κ1) is 10.1. The number of hydrogen-bond acceptors (Lipinski definition) is 1. The van der Waals surface area contributed by atoms with Gasteiger partial charge in [-0.3, -0.25) is 4.79 Å². The van der Waals surface area contributed by atoms with Crippen LogP contribution in [0.1, 0.15) is 39.5 Å². The van der Waals surface area contributed by atoms with Crippen molar-refractivity contribution in [3.05, 3.63) is 0 Å². The molecule has 0 aromatic carbocycles. The Labute approximate surface area is 80.3 Å². The lowest BCUT2D eigenvalue weighted by molar-refractivity contribution is -0.125. The lowest BCUT2D eigenvalue weighted by Crippen LogP contribution is -2.34. The second-order valence-corrected chi connectivity index (χ2v) is 3.46. The number of likely N-dealkylation sites (tertiary alicyclic amines) is 1. The lowest BCUT2D eigenvalue weighted by atomic mass is 10.1. The molecule has 0 spiro atoms. The van der Waals surface area contributed by atoms with Crippen LogP contribution >= 0.6 is 0 Å². The molecule has 0 N–H and O–H groups in total. The van der Waals surface area contributed by atoms with E-state index in [2.05, 4.69) is 18.8 Å². The third-order valence-electron chi connectivity index (χ3n) is 2.49. The highest BCUT2D eigenvalue weighted by atomic mass is 16.2. The predicted octanol–water partition coefficient (Wildman–Crippen LogP) is 1.80. The maximum absolute atomic E-state index is 11.5. The Balaban J connectivity index is 2.55. The van der Waals surface area contributed by atoms with Crippen molar-refractivity contribution < 1.29 is 4.79 Å². The van der Waals surface area contributed by atoms with Crippen LogP contribution in [0.3, 0.4) is 0 Å². The lowest BCUT2D eigenvalue weighted by Gasteiger charge is -2.21. The topological polar surface area (TPSA) is 20.3 Å². The Hall–Kier alpha value is -0.970. The number of carbonyl (C=O) groups excluding carboxylic acids is 1. The minimum atomic E-state index is 0.0125. The van der Waals surface area contributed by atoms with Crippen LogP contribution in [-0.2, 0) is 4.79 Å². The number of hydrogen-bond donors (Lipinski definition) is 0. The van der Waals surface area contributed by atoms with Gasteiger partial charge < -0.3 is 4.90 Å². The summed E-state index contributed by atoms with van der Waals surface area (Å²) in [4.78, 5) is 13.4. The Morgan fingerprint density at radius 3 is 3.00 bits per heavy atom. The van der Waals surface area contributed by atoms with E-state index < -0.39 is 0 Å². The van der Waals surface area contributed by atoms with E-state index in [-0.39, 0.29) is 5.91 Å². The van der Waals surface area contributed by atoms with E-state index in [0.717, 1.165) is 32.2 Å². The summed E-state index contributed by atoms with van der Waals surface area (Å²) in [6.45, 7) is 4.77. The summed E-state index contributed by atoms with van der Waals surface area (Å²) >= 11 is 0. The van der Waals surface area contributed by atoms with Crippen LogP contribution in [0, 0.1) is 11.8 Å². The molecule has 1 amide bonds. The van der Waals surface area contributed by atoms with Crippen LogP contribution in [0.15, 0.2) is 0 Å². The number of rotatable bonds is 2. The molecule has 1 heterocycles. The first-order chi connectivity index (χ1) is 6.29. The van der Waals surface area contributed by atoms with Crippen molar-refractivity contribution in [2.75, 3.05) is 6.54 Å². The largest absolute Gasteiger partial charge is 0.329 e. The predicted molar refractivity (Wildman–Crippen MR) is 53.1 cm³/mol. The van der Waals surface area contributed by atoms with E-state index >= 15 is 0 Å². The average molecular weight is 179 g/mol. The maximum Gasteiger partial charge on any atom is 0.298 e. The summed E-state index contributed by atoms with van der Waals surface area (Å²) in [6, 6.07) is 0.457. The van der Waals surface area contributed by atoms with Crippen molar-refractivity contribution >= 4 is 5.91 Å². The molecule has 0 aliphatic carbocycles. The van der Waals surface area contributed by atoms with Crippen LogP contribution in [-0.4, -0.2) is 23.4 Å². The normalized spacial score (nSPS) is 21.1. The van der Waals surface area contributed by atoms with Gasteiger partial charge in [0.2, 0.25) is 0 Å². The Kier molecular flexibility index (Phi) is 3.82. The molecule has 2 nitrogen and oxygen atoms in total. The van der Waals surface area contributed by atoms with Crippen LogP contribution in [0.2, 0.25) is 0 Å². The number of amides is 1. The molecular formula is C11H17NO. The third kappa shape index (κ3) is 2.48. The van der Waals surface area contributed by atoms with Gasteiger partial charge in [-0.25, -0.2) is 0 Å². The molecule has 13 heavy (non-hydrogen) atoms. The summed E-state index contributed by atoms with van der Waals surface area (Å²) in [5.74, 6) is 5.29.